The van der Waals surface area contributed by atoms with Gasteiger partial charge in [-0.15, -0.1) is 0 Å². The van der Waals surface area contributed by atoms with Crippen LogP contribution in [-0.2, 0) is 16.1 Å². The molecule has 8 heteroatoms. The molecule has 0 aromatic heterocycles. The fourth-order valence-corrected chi connectivity index (χ4v) is 5.47. The van der Waals surface area contributed by atoms with Crippen molar-refractivity contribution < 1.29 is 18.7 Å². The molecule has 0 spiro atoms. The summed E-state index contributed by atoms with van der Waals surface area (Å²) in [7, 11) is 0. The van der Waals surface area contributed by atoms with Crippen molar-refractivity contribution in [2.45, 2.75) is 6.61 Å². The average Bonchev–Trinajstić information content (AvgIpc) is 3.08. The molecule has 0 aliphatic carbocycles. The van der Waals surface area contributed by atoms with Gasteiger partial charge in [0, 0.05) is 4.47 Å². The lowest BCUT2D eigenvalue weighted by Crippen LogP contribution is -2.07. The Morgan fingerprint density at radius 2 is 1.81 bits per heavy atom. The molecular weight excluding hydrogens is 691 g/mol. The molecular formula is C23H13BrFI2NO3. The maximum atomic E-state index is 14.0. The zero-order chi connectivity index (χ0) is 22.0. The van der Waals surface area contributed by atoms with Gasteiger partial charge in [-0.3, -0.25) is 0 Å². The van der Waals surface area contributed by atoms with Crippen molar-refractivity contribution in [2.24, 2.45) is 4.99 Å². The van der Waals surface area contributed by atoms with E-state index in [1.807, 2.05) is 36.4 Å². The van der Waals surface area contributed by atoms with E-state index in [1.165, 1.54) is 12.1 Å². The molecule has 0 atom stereocenters. The molecule has 0 bridgehead atoms. The van der Waals surface area contributed by atoms with Gasteiger partial charge in [0.1, 0.15) is 18.2 Å². The van der Waals surface area contributed by atoms with Crippen LogP contribution >= 0.6 is 61.1 Å². The first-order valence-electron chi connectivity index (χ1n) is 9.04. The quantitative estimate of drug-likeness (QED) is 0.169. The molecule has 1 aliphatic heterocycles. The Morgan fingerprint density at radius 1 is 1.06 bits per heavy atom. The van der Waals surface area contributed by atoms with Gasteiger partial charge < -0.3 is 9.47 Å². The van der Waals surface area contributed by atoms with Crippen molar-refractivity contribution in [3.8, 4) is 5.75 Å². The highest BCUT2D eigenvalue weighted by Crippen LogP contribution is 2.31. The van der Waals surface area contributed by atoms with Crippen LogP contribution in [0, 0.1) is 13.0 Å². The van der Waals surface area contributed by atoms with Crippen LogP contribution in [0.3, 0.4) is 0 Å². The predicted octanol–water partition coefficient (Wildman–Crippen LogP) is 6.72. The number of rotatable bonds is 5. The third-order valence-electron chi connectivity index (χ3n) is 4.32. The predicted molar refractivity (Wildman–Crippen MR) is 137 cm³/mol. The largest absolute Gasteiger partial charge is 0.487 e. The van der Waals surface area contributed by atoms with Crippen LogP contribution in [-0.4, -0.2) is 11.9 Å². The SMILES string of the molecule is O=C1OC(c2ccccc2F)=N/C1=C/c1cc(I)c(OCc2cccc(Br)c2)c(I)c1. The van der Waals surface area contributed by atoms with Gasteiger partial charge in [0.05, 0.1) is 12.7 Å². The first-order chi connectivity index (χ1) is 14.9. The molecule has 4 nitrogen and oxygen atoms in total. The van der Waals surface area contributed by atoms with Gasteiger partial charge in [-0.25, -0.2) is 14.2 Å². The Hall–Kier alpha value is -1.79. The monoisotopic (exact) mass is 703 g/mol. The summed E-state index contributed by atoms with van der Waals surface area (Å²) in [5, 5.41) is 0. The number of halogens is 4. The van der Waals surface area contributed by atoms with E-state index in [0.717, 1.165) is 28.5 Å². The fraction of sp³-hybridized carbons (Fsp3) is 0.0435. The van der Waals surface area contributed by atoms with E-state index < -0.39 is 11.8 Å². The molecule has 0 amide bonds. The van der Waals surface area contributed by atoms with Crippen LogP contribution in [0.15, 0.2) is 75.8 Å². The maximum Gasteiger partial charge on any atom is 0.363 e. The summed E-state index contributed by atoms with van der Waals surface area (Å²) >= 11 is 7.86. The smallest absolute Gasteiger partial charge is 0.363 e. The summed E-state index contributed by atoms with van der Waals surface area (Å²) in [4.78, 5) is 16.4. The van der Waals surface area contributed by atoms with Gasteiger partial charge in [0.2, 0.25) is 5.90 Å². The molecule has 31 heavy (non-hydrogen) atoms. The van der Waals surface area contributed by atoms with Crippen LogP contribution in [0.2, 0.25) is 0 Å². The highest BCUT2D eigenvalue weighted by atomic mass is 127. The molecule has 1 heterocycles. The molecule has 0 N–H and O–H groups in total. The van der Waals surface area contributed by atoms with E-state index in [-0.39, 0.29) is 17.2 Å². The second kappa shape index (κ2) is 9.78. The number of esters is 1. The Morgan fingerprint density at radius 3 is 2.52 bits per heavy atom. The number of ether oxygens (including phenoxy) is 2. The van der Waals surface area contributed by atoms with Gasteiger partial charge in [0.25, 0.3) is 0 Å². The van der Waals surface area contributed by atoms with Crippen molar-refractivity contribution in [3.05, 3.63) is 100 Å². The molecule has 3 aromatic carbocycles. The second-order valence-corrected chi connectivity index (χ2v) is 9.79. The van der Waals surface area contributed by atoms with Crippen molar-refractivity contribution in [3.63, 3.8) is 0 Å². The number of carbonyl (C=O) groups is 1. The van der Waals surface area contributed by atoms with Crippen LogP contribution in [0.5, 0.6) is 5.75 Å². The van der Waals surface area contributed by atoms with Crippen LogP contribution in [0.25, 0.3) is 6.08 Å². The lowest BCUT2D eigenvalue weighted by atomic mass is 10.2. The van der Waals surface area contributed by atoms with Crippen LogP contribution in [0.1, 0.15) is 16.7 Å². The molecule has 0 saturated heterocycles. The first-order valence-corrected chi connectivity index (χ1v) is 12.0. The van der Waals surface area contributed by atoms with Gasteiger partial charge in [-0.2, -0.15) is 0 Å². The van der Waals surface area contributed by atoms with E-state index in [0.29, 0.717) is 6.61 Å². The molecule has 0 unspecified atom stereocenters. The lowest BCUT2D eigenvalue weighted by molar-refractivity contribution is -0.129. The molecule has 0 saturated carbocycles. The highest BCUT2D eigenvalue weighted by molar-refractivity contribution is 14.1. The van der Waals surface area contributed by atoms with Crippen molar-refractivity contribution in [2.75, 3.05) is 0 Å². The lowest BCUT2D eigenvalue weighted by Gasteiger charge is -2.12. The minimum atomic E-state index is -0.613. The standard InChI is InChI=1S/C23H13BrFI2NO3/c24-15-5-3-4-13(8-15)12-30-21-18(26)9-14(10-19(21)27)11-20-23(29)31-22(28-20)16-6-1-2-7-17(16)25/h1-11H,12H2/b20-11+. The normalized spacial score (nSPS) is 14.5. The molecule has 4 rings (SSSR count). The first kappa shape index (κ1) is 22.4. The second-order valence-electron chi connectivity index (χ2n) is 6.55. The molecule has 1 aliphatic rings. The number of cyclic esters (lactones) is 1. The molecule has 0 fully saturated rings. The number of carbonyl (C=O) groups excluding carboxylic acids is 1. The summed E-state index contributed by atoms with van der Waals surface area (Å²) in [6.07, 6.45) is 1.62. The van der Waals surface area contributed by atoms with Gasteiger partial charge in [0.15, 0.2) is 5.70 Å². The summed E-state index contributed by atoms with van der Waals surface area (Å²) < 4.78 is 28.0. The fourth-order valence-electron chi connectivity index (χ4n) is 2.90. The Balaban J connectivity index is 1.57. The van der Waals surface area contributed by atoms with E-state index in [4.69, 9.17) is 9.47 Å². The van der Waals surface area contributed by atoms with Crippen molar-refractivity contribution in [1.29, 1.82) is 0 Å². The summed E-state index contributed by atoms with van der Waals surface area (Å²) in [5.41, 5.74) is 2.09. The zero-order valence-corrected chi connectivity index (χ0v) is 21.6. The topological polar surface area (TPSA) is 47.9 Å². The number of aliphatic imine (C=N–C) groups is 1. The molecule has 156 valence electrons. The summed E-state index contributed by atoms with van der Waals surface area (Å²) in [6.45, 7) is 0.439. The minimum Gasteiger partial charge on any atom is -0.487 e. The minimum absolute atomic E-state index is 0.0345. The Bertz CT molecular complexity index is 1220. The summed E-state index contributed by atoms with van der Waals surface area (Å²) in [5.74, 6) is -0.370. The Labute approximate surface area is 214 Å². The number of hydrogen-bond donors (Lipinski definition) is 0. The van der Waals surface area contributed by atoms with Crippen molar-refractivity contribution >= 4 is 79.1 Å². The molecule has 3 aromatic rings. The van der Waals surface area contributed by atoms with Crippen LogP contribution < -0.4 is 4.74 Å². The maximum absolute atomic E-state index is 14.0. The van der Waals surface area contributed by atoms with E-state index in [9.17, 15) is 9.18 Å². The molecule has 0 radical (unpaired) electrons. The van der Waals surface area contributed by atoms with Crippen molar-refractivity contribution in [1.82, 2.24) is 0 Å². The summed E-state index contributed by atoms with van der Waals surface area (Å²) in [6, 6.07) is 17.8. The van der Waals surface area contributed by atoms with Gasteiger partial charge in [-0.1, -0.05) is 40.2 Å². The number of nitrogens with zero attached hydrogens (tertiary/aromatic N) is 1. The highest BCUT2D eigenvalue weighted by Gasteiger charge is 2.26. The van der Waals surface area contributed by atoms with E-state index in [1.54, 1.807) is 18.2 Å². The van der Waals surface area contributed by atoms with Crippen LogP contribution in [0.4, 0.5) is 4.39 Å². The average molecular weight is 704 g/mol. The number of hydrogen-bond acceptors (Lipinski definition) is 4. The van der Waals surface area contributed by atoms with Gasteiger partial charge >= 0.3 is 5.97 Å². The number of benzene rings is 3. The zero-order valence-electron chi connectivity index (χ0n) is 15.7. The van der Waals surface area contributed by atoms with E-state index in [2.05, 4.69) is 66.1 Å². The Kier molecular flexibility index (Phi) is 7.07. The van der Waals surface area contributed by atoms with E-state index >= 15 is 0 Å². The van der Waals surface area contributed by atoms with Gasteiger partial charge in [-0.05, 0) is 98.8 Å². The third kappa shape index (κ3) is 5.35. The third-order valence-corrected chi connectivity index (χ3v) is 6.42.